The Morgan fingerprint density at radius 3 is 2.71 bits per heavy atom. The monoisotopic (exact) mass is 510 g/mol. The summed E-state index contributed by atoms with van der Waals surface area (Å²) in [5.41, 5.74) is 0.751. The second-order valence-electron chi connectivity index (χ2n) is 6.55. The third kappa shape index (κ3) is 5.65. The summed E-state index contributed by atoms with van der Waals surface area (Å²) in [7, 11) is -1.08. The van der Waals surface area contributed by atoms with E-state index in [9.17, 15) is 22.2 Å². The van der Waals surface area contributed by atoms with Crippen LogP contribution in [0.3, 0.4) is 0 Å². The molecule has 2 heterocycles. The fourth-order valence-electron chi connectivity index (χ4n) is 2.77. The van der Waals surface area contributed by atoms with E-state index >= 15 is 0 Å². The first kappa shape index (κ1) is 23.7. The van der Waals surface area contributed by atoms with Crippen LogP contribution in [0, 0.1) is 0 Å². The maximum atomic E-state index is 13.1. The molecule has 0 radical (unpaired) electrons. The van der Waals surface area contributed by atoms with Crippen molar-refractivity contribution in [2.24, 2.45) is 0 Å². The molecule has 0 saturated heterocycles. The number of aromatic nitrogens is 3. The highest BCUT2D eigenvalue weighted by atomic mass is 35.5. The highest BCUT2D eigenvalue weighted by Gasteiger charge is 2.36. The Bertz CT molecular complexity index is 1190. The van der Waals surface area contributed by atoms with Crippen LogP contribution in [-0.2, 0) is 21.8 Å². The van der Waals surface area contributed by atoms with E-state index in [1.807, 2.05) is 0 Å². The van der Waals surface area contributed by atoms with Gasteiger partial charge in [0.25, 0.3) is 0 Å². The lowest BCUT2D eigenvalue weighted by Crippen LogP contribution is -2.35. The summed E-state index contributed by atoms with van der Waals surface area (Å²) in [5, 5.41) is 5.78. The van der Waals surface area contributed by atoms with Gasteiger partial charge in [-0.25, -0.2) is 9.50 Å². The number of benzene rings is 1. The number of carbonyl (C=O) groups excluding carboxylic acids is 1. The Balaban J connectivity index is 2.03. The molecular formula is C18H15Cl2F3N4O2S2. The van der Waals surface area contributed by atoms with Crippen molar-refractivity contribution in [3.63, 3.8) is 0 Å². The SMILES string of the molecule is C[C@@H](CS(C)=O)NC(=O)/C=C/c1nc2sc(C(F)(F)F)nn2c1-c1ccc(Cl)cc1Cl. The molecular weight excluding hydrogens is 496 g/mol. The molecule has 2 atom stereocenters. The van der Waals surface area contributed by atoms with Gasteiger partial charge in [-0.1, -0.05) is 34.5 Å². The van der Waals surface area contributed by atoms with Crippen molar-refractivity contribution in [1.82, 2.24) is 19.9 Å². The number of nitrogens with one attached hydrogen (secondary N) is 1. The summed E-state index contributed by atoms with van der Waals surface area (Å²) >= 11 is 12.6. The number of imidazole rings is 1. The Morgan fingerprint density at radius 1 is 1.39 bits per heavy atom. The maximum Gasteiger partial charge on any atom is 0.445 e. The Kier molecular flexibility index (Phi) is 7.09. The Labute approximate surface area is 191 Å². The minimum Gasteiger partial charge on any atom is -0.349 e. The van der Waals surface area contributed by atoms with Crippen molar-refractivity contribution in [2.75, 3.05) is 12.0 Å². The van der Waals surface area contributed by atoms with Gasteiger partial charge in [0, 0.05) is 45.5 Å². The molecule has 0 spiro atoms. The van der Waals surface area contributed by atoms with Gasteiger partial charge in [0.05, 0.1) is 10.7 Å². The molecule has 166 valence electrons. The van der Waals surface area contributed by atoms with E-state index in [0.717, 1.165) is 4.52 Å². The van der Waals surface area contributed by atoms with E-state index in [0.29, 0.717) is 21.9 Å². The van der Waals surface area contributed by atoms with Crippen molar-refractivity contribution < 1.29 is 22.2 Å². The zero-order valence-electron chi connectivity index (χ0n) is 16.0. The predicted molar refractivity (Wildman–Crippen MR) is 117 cm³/mol. The van der Waals surface area contributed by atoms with Crippen molar-refractivity contribution in [2.45, 2.75) is 19.1 Å². The lowest BCUT2D eigenvalue weighted by molar-refractivity contribution is -0.138. The topological polar surface area (TPSA) is 76.4 Å². The molecule has 1 N–H and O–H groups in total. The van der Waals surface area contributed by atoms with E-state index in [-0.39, 0.29) is 33.2 Å². The number of nitrogens with zero attached hydrogens (tertiary/aromatic N) is 3. The summed E-state index contributed by atoms with van der Waals surface area (Å²) in [5.74, 6) is -0.179. The van der Waals surface area contributed by atoms with Crippen LogP contribution < -0.4 is 5.32 Å². The molecule has 1 aromatic carbocycles. The van der Waals surface area contributed by atoms with E-state index < -0.39 is 27.9 Å². The Hall–Kier alpha value is -1.95. The molecule has 31 heavy (non-hydrogen) atoms. The first-order valence-corrected chi connectivity index (χ1v) is 12.0. The maximum absolute atomic E-state index is 13.1. The predicted octanol–water partition coefficient (Wildman–Crippen LogP) is 4.68. The van der Waals surface area contributed by atoms with Crippen molar-refractivity contribution in [3.05, 3.63) is 45.0 Å². The summed E-state index contributed by atoms with van der Waals surface area (Å²) in [6.07, 6.45) is -0.544. The highest BCUT2D eigenvalue weighted by Crippen LogP contribution is 2.38. The van der Waals surface area contributed by atoms with Crippen molar-refractivity contribution in [3.8, 4) is 11.3 Å². The molecule has 3 rings (SSSR count). The average Bonchev–Trinajstić information content (AvgIpc) is 3.17. The Morgan fingerprint density at radius 2 is 2.10 bits per heavy atom. The molecule has 0 aliphatic heterocycles. The summed E-state index contributed by atoms with van der Waals surface area (Å²) in [6, 6.07) is 4.19. The zero-order valence-corrected chi connectivity index (χ0v) is 19.2. The molecule has 0 saturated carbocycles. The summed E-state index contributed by atoms with van der Waals surface area (Å²) in [6.45, 7) is 1.71. The van der Waals surface area contributed by atoms with E-state index in [1.165, 1.54) is 36.6 Å². The van der Waals surface area contributed by atoms with Gasteiger partial charge < -0.3 is 5.32 Å². The quantitative estimate of drug-likeness (QED) is 0.488. The molecule has 13 heteroatoms. The number of fused-ring (bicyclic) bond motifs is 1. The van der Waals surface area contributed by atoms with Gasteiger partial charge >= 0.3 is 6.18 Å². The summed E-state index contributed by atoms with van der Waals surface area (Å²) < 4.78 is 51.6. The minimum absolute atomic E-state index is 0.0110. The smallest absolute Gasteiger partial charge is 0.349 e. The van der Waals surface area contributed by atoms with Crippen LogP contribution in [0.2, 0.25) is 10.0 Å². The molecule has 6 nitrogen and oxygen atoms in total. The second kappa shape index (κ2) is 9.27. The zero-order chi connectivity index (χ0) is 22.9. The number of rotatable bonds is 6. The van der Waals surface area contributed by atoms with Gasteiger partial charge in [-0.2, -0.15) is 13.2 Å². The molecule has 2 aromatic heterocycles. The van der Waals surface area contributed by atoms with Gasteiger partial charge in [-0.3, -0.25) is 9.00 Å². The molecule has 0 aliphatic carbocycles. The number of alkyl halides is 3. The van der Waals surface area contributed by atoms with E-state index in [1.54, 1.807) is 6.92 Å². The first-order chi connectivity index (χ1) is 14.5. The van der Waals surface area contributed by atoms with Crippen LogP contribution >= 0.6 is 34.5 Å². The lowest BCUT2D eigenvalue weighted by atomic mass is 10.1. The van der Waals surface area contributed by atoms with Gasteiger partial charge in [-0.05, 0) is 31.2 Å². The molecule has 0 bridgehead atoms. The van der Waals surface area contributed by atoms with Crippen LogP contribution in [0.1, 0.15) is 17.6 Å². The van der Waals surface area contributed by atoms with Crippen LogP contribution in [0.25, 0.3) is 22.3 Å². The number of hydrogen-bond acceptors (Lipinski definition) is 5. The van der Waals surface area contributed by atoms with Crippen LogP contribution in [0.5, 0.6) is 0 Å². The van der Waals surface area contributed by atoms with Crippen LogP contribution in [0.15, 0.2) is 24.3 Å². The third-order valence-corrected chi connectivity index (χ3v) is 6.40. The van der Waals surface area contributed by atoms with Gasteiger partial charge in [0.1, 0.15) is 5.69 Å². The average molecular weight is 511 g/mol. The largest absolute Gasteiger partial charge is 0.445 e. The summed E-state index contributed by atoms with van der Waals surface area (Å²) in [4.78, 5) is 16.4. The normalized spacial score (nSPS) is 14.3. The van der Waals surface area contributed by atoms with Gasteiger partial charge in [-0.15, -0.1) is 5.10 Å². The van der Waals surface area contributed by atoms with Gasteiger partial charge in [0.15, 0.2) is 0 Å². The number of halogens is 5. The standard InChI is InChI=1S/C18H15Cl2F3N4O2S2/c1-9(8-31(2)29)24-14(28)6-5-13-15(11-4-3-10(19)7-12(11)20)27-17(25-13)30-16(26-27)18(21,22)23/h3-7,9H,8H2,1-2H3,(H,24,28)/b6-5+/t9-,31?/m0/s1. The number of carbonyl (C=O) groups is 1. The number of hydrogen-bond donors (Lipinski definition) is 1. The second-order valence-corrected chi connectivity index (χ2v) is 9.83. The molecule has 0 fully saturated rings. The molecule has 1 amide bonds. The highest BCUT2D eigenvalue weighted by molar-refractivity contribution is 7.84. The molecule has 3 aromatic rings. The van der Waals surface area contributed by atoms with E-state index in [4.69, 9.17) is 23.2 Å². The minimum atomic E-state index is -4.63. The van der Waals surface area contributed by atoms with E-state index in [2.05, 4.69) is 15.4 Å². The fourth-order valence-corrected chi connectivity index (χ4v) is 4.83. The lowest BCUT2D eigenvalue weighted by Gasteiger charge is -2.10. The fraction of sp³-hybridized carbons (Fsp3) is 0.278. The molecule has 1 unspecified atom stereocenters. The van der Waals surface area contributed by atoms with Gasteiger partial charge in [0.2, 0.25) is 15.9 Å². The van der Waals surface area contributed by atoms with Crippen LogP contribution in [0.4, 0.5) is 13.2 Å². The van der Waals surface area contributed by atoms with Crippen LogP contribution in [-0.4, -0.2) is 42.8 Å². The third-order valence-electron chi connectivity index (χ3n) is 3.93. The number of amides is 1. The first-order valence-electron chi connectivity index (χ1n) is 8.66. The van der Waals surface area contributed by atoms with Crippen molar-refractivity contribution in [1.29, 1.82) is 0 Å². The van der Waals surface area contributed by atoms with Crippen molar-refractivity contribution >= 4 is 62.3 Å². The molecule has 0 aliphatic rings.